The summed E-state index contributed by atoms with van der Waals surface area (Å²) < 4.78 is 0. The van der Waals surface area contributed by atoms with Crippen LogP contribution in [0.5, 0.6) is 0 Å². The summed E-state index contributed by atoms with van der Waals surface area (Å²) in [5.41, 5.74) is 2.50. The molecule has 1 aliphatic rings. The SMILES string of the molecule is C1NO1.[H-].[Na+]. The third-order valence-corrected chi connectivity index (χ3v) is 0.144. The number of hydrogen-bond acceptors (Lipinski definition) is 2. The van der Waals surface area contributed by atoms with Crippen molar-refractivity contribution in [1.29, 1.82) is 0 Å². The average Bonchev–Trinajstić information content (AvgIpc) is 1.46. The van der Waals surface area contributed by atoms with Crippen LogP contribution in [-0.2, 0) is 4.84 Å². The van der Waals surface area contributed by atoms with Crippen molar-refractivity contribution < 1.29 is 35.8 Å². The first-order chi connectivity index (χ1) is 1.50. The van der Waals surface area contributed by atoms with E-state index >= 15 is 0 Å². The van der Waals surface area contributed by atoms with E-state index in [9.17, 15) is 0 Å². The zero-order valence-corrected chi connectivity index (χ0v) is 4.62. The number of rotatable bonds is 0. The monoisotopic (exact) mass is 69.0 g/mol. The van der Waals surface area contributed by atoms with Crippen molar-refractivity contribution in [3.63, 3.8) is 0 Å². The van der Waals surface area contributed by atoms with Crippen molar-refractivity contribution in [2.45, 2.75) is 0 Å². The Labute approximate surface area is 48.2 Å². The topological polar surface area (TPSA) is 34.5 Å². The molecule has 1 saturated heterocycles. The van der Waals surface area contributed by atoms with Gasteiger partial charge in [-0.25, -0.2) is 0 Å². The minimum Gasteiger partial charge on any atom is -1.00 e. The van der Waals surface area contributed by atoms with E-state index in [1.54, 1.807) is 0 Å². The summed E-state index contributed by atoms with van der Waals surface area (Å²) in [6.45, 7) is 0.750. The Morgan fingerprint density at radius 2 is 2.25 bits per heavy atom. The summed E-state index contributed by atoms with van der Waals surface area (Å²) in [7, 11) is 0. The summed E-state index contributed by atoms with van der Waals surface area (Å²) in [6, 6.07) is 0. The smallest absolute Gasteiger partial charge is 1.00 e. The molecule has 0 bridgehead atoms. The van der Waals surface area contributed by atoms with Gasteiger partial charge in [0.05, 0.1) is 0 Å². The molecule has 0 aromatic carbocycles. The van der Waals surface area contributed by atoms with E-state index in [-0.39, 0.29) is 31.0 Å². The maximum absolute atomic E-state index is 4.25. The fourth-order valence-electron chi connectivity index (χ4n) is 0. The van der Waals surface area contributed by atoms with Crippen LogP contribution < -0.4 is 35.0 Å². The molecule has 4 heavy (non-hydrogen) atoms. The van der Waals surface area contributed by atoms with Gasteiger partial charge in [0.2, 0.25) is 0 Å². The Bertz CT molecular complexity index is 16.4. The molecular formula is CH4NNaO. The minimum absolute atomic E-state index is 0. The van der Waals surface area contributed by atoms with Crippen LogP contribution in [0.25, 0.3) is 0 Å². The molecule has 0 atom stereocenters. The van der Waals surface area contributed by atoms with Crippen LogP contribution in [0, 0.1) is 0 Å². The third-order valence-electron chi connectivity index (χ3n) is 0.144. The molecule has 0 aromatic heterocycles. The Hall–Kier alpha value is 0.920. The van der Waals surface area contributed by atoms with E-state index < -0.39 is 0 Å². The van der Waals surface area contributed by atoms with Crippen LogP contribution in [0.2, 0.25) is 0 Å². The molecule has 0 spiro atoms. The van der Waals surface area contributed by atoms with E-state index in [2.05, 4.69) is 10.3 Å². The number of nitrogens with one attached hydrogen (secondary N) is 1. The number of hydroxylamine groups is 1. The van der Waals surface area contributed by atoms with Crippen molar-refractivity contribution in [3.8, 4) is 0 Å². The van der Waals surface area contributed by atoms with Crippen molar-refractivity contribution in [2.75, 3.05) is 6.73 Å². The predicted molar refractivity (Wildman–Crippen MR) is 10.2 cm³/mol. The predicted octanol–water partition coefficient (Wildman–Crippen LogP) is -3.40. The summed E-state index contributed by atoms with van der Waals surface area (Å²) in [5.74, 6) is 0. The van der Waals surface area contributed by atoms with E-state index in [0.717, 1.165) is 6.73 Å². The second kappa shape index (κ2) is 2.18. The van der Waals surface area contributed by atoms with E-state index in [0.29, 0.717) is 0 Å². The molecule has 0 amide bonds. The van der Waals surface area contributed by atoms with Gasteiger partial charge in [-0.1, -0.05) is 0 Å². The van der Waals surface area contributed by atoms with Crippen molar-refractivity contribution in [3.05, 3.63) is 0 Å². The van der Waals surface area contributed by atoms with Gasteiger partial charge < -0.3 is 1.43 Å². The van der Waals surface area contributed by atoms with E-state index in [1.807, 2.05) is 0 Å². The average molecular weight is 69.0 g/mol. The number of hydrogen-bond donors (Lipinski definition) is 1. The van der Waals surface area contributed by atoms with E-state index in [1.165, 1.54) is 0 Å². The third kappa shape index (κ3) is 2.92. The summed E-state index contributed by atoms with van der Waals surface area (Å²) in [4.78, 5) is 4.25. The van der Waals surface area contributed by atoms with Crippen LogP contribution in [0.4, 0.5) is 0 Å². The van der Waals surface area contributed by atoms with Crippen LogP contribution in [0.1, 0.15) is 1.43 Å². The molecule has 1 rings (SSSR count). The Morgan fingerprint density at radius 1 is 2.00 bits per heavy atom. The van der Waals surface area contributed by atoms with Crippen LogP contribution >= 0.6 is 0 Å². The van der Waals surface area contributed by atoms with Gasteiger partial charge in [-0.15, -0.1) is 0 Å². The molecule has 1 aliphatic heterocycles. The van der Waals surface area contributed by atoms with Crippen LogP contribution in [-0.4, -0.2) is 6.73 Å². The fraction of sp³-hybridized carbons (Fsp3) is 1.00. The normalized spacial score (nSPS) is 18.0. The molecule has 0 radical (unpaired) electrons. The molecule has 1 N–H and O–H groups in total. The Kier molecular flexibility index (Phi) is 2.68. The Morgan fingerprint density at radius 3 is 2.25 bits per heavy atom. The maximum atomic E-state index is 4.25. The Balaban J connectivity index is 0. The summed E-state index contributed by atoms with van der Waals surface area (Å²) in [6.07, 6.45) is 0. The molecule has 1 heterocycles. The van der Waals surface area contributed by atoms with Crippen molar-refractivity contribution in [2.24, 2.45) is 0 Å². The van der Waals surface area contributed by atoms with Gasteiger partial charge >= 0.3 is 29.6 Å². The molecule has 0 aliphatic carbocycles. The molecule has 2 nitrogen and oxygen atoms in total. The maximum Gasteiger partial charge on any atom is 1.00 e. The van der Waals surface area contributed by atoms with Crippen LogP contribution in [0.3, 0.4) is 0 Å². The van der Waals surface area contributed by atoms with E-state index in [4.69, 9.17) is 0 Å². The molecule has 0 unspecified atom stereocenters. The molecule has 0 saturated carbocycles. The summed E-state index contributed by atoms with van der Waals surface area (Å²) in [5, 5.41) is 0. The second-order valence-electron chi connectivity index (χ2n) is 0.433. The fourth-order valence-corrected chi connectivity index (χ4v) is 0. The first-order valence-electron chi connectivity index (χ1n) is 0.846. The van der Waals surface area contributed by atoms with Crippen molar-refractivity contribution >= 4 is 0 Å². The quantitative estimate of drug-likeness (QED) is 0.237. The van der Waals surface area contributed by atoms with Crippen molar-refractivity contribution in [1.82, 2.24) is 5.48 Å². The zero-order chi connectivity index (χ0) is 2.12. The molecule has 3 heteroatoms. The van der Waals surface area contributed by atoms with Gasteiger partial charge in [0.15, 0.2) is 0 Å². The second-order valence-corrected chi connectivity index (χ2v) is 0.433. The largest absolute Gasteiger partial charge is 1.00 e. The van der Waals surface area contributed by atoms with Gasteiger partial charge in [-0.3, -0.25) is 4.84 Å². The van der Waals surface area contributed by atoms with Gasteiger partial charge in [-0.05, 0) is 0 Å². The molecule has 1 fully saturated rings. The first-order valence-corrected chi connectivity index (χ1v) is 0.846. The molecule has 20 valence electrons. The molecule has 0 aromatic rings. The van der Waals surface area contributed by atoms with Crippen LogP contribution in [0.15, 0.2) is 0 Å². The van der Waals surface area contributed by atoms with Gasteiger partial charge in [-0.2, -0.15) is 5.48 Å². The molecular weight excluding hydrogens is 65.0 g/mol. The standard InChI is InChI=1S/CH3NO.Na.H/c1-2-3-1;;/h2H,1H2;;/q;+1;-1. The van der Waals surface area contributed by atoms with Gasteiger partial charge in [0.25, 0.3) is 0 Å². The van der Waals surface area contributed by atoms with Gasteiger partial charge in [0, 0.05) is 0 Å². The van der Waals surface area contributed by atoms with Gasteiger partial charge in [0.1, 0.15) is 6.73 Å². The first kappa shape index (κ1) is 4.92. The minimum atomic E-state index is 0. The summed E-state index contributed by atoms with van der Waals surface area (Å²) >= 11 is 0. The zero-order valence-electron chi connectivity index (χ0n) is 3.62.